The van der Waals surface area contributed by atoms with Crippen molar-refractivity contribution in [1.29, 1.82) is 0 Å². The standard InChI is InChI=1S/C18H26F2N4O2/c19-18(20)7-14(8-18)17(25)21-9-13-10-23(15-2-5-26-6-3-15)12-16-1-4-22-24(16)11-13/h1,4,13-15H,2-3,5-12H2,(H,21,25). The van der Waals surface area contributed by atoms with Gasteiger partial charge < -0.3 is 10.1 Å². The first-order valence-electron chi connectivity index (χ1n) is 9.48. The van der Waals surface area contributed by atoms with Crippen LogP contribution in [0.15, 0.2) is 12.3 Å². The van der Waals surface area contributed by atoms with Gasteiger partial charge in [0.25, 0.3) is 0 Å². The second-order valence-electron chi connectivity index (χ2n) is 7.85. The van der Waals surface area contributed by atoms with Crippen LogP contribution in [-0.2, 0) is 22.6 Å². The quantitative estimate of drug-likeness (QED) is 0.878. The van der Waals surface area contributed by atoms with Crippen LogP contribution in [0.5, 0.6) is 0 Å². The van der Waals surface area contributed by atoms with Crippen LogP contribution in [0.3, 0.4) is 0 Å². The van der Waals surface area contributed by atoms with Gasteiger partial charge in [-0.25, -0.2) is 8.78 Å². The highest BCUT2D eigenvalue weighted by atomic mass is 19.3. The maximum atomic E-state index is 13.0. The molecule has 1 amide bonds. The summed E-state index contributed by atoms with van der Waals surface area (Å²) in [4.78, 5) is 14.6. The molecule has 0 spiro atoms. The van der Waals surface area contributed by atoms with E-state index in [0.29, 0.717) is 12.6 Å². The van der Waals surface area contributed by atoms with Crippen molar-refractivity contribution in [1.82, 2.24) is 20.0 Å². The number of aromatic nitrogens is 2. The van der Waals surface area contributed by atoms with Gasteiger partial charge in [0.15, 0.2) is 0 Å². The largest absolute Gasteiger partial charge is 0.381 e. The number of carbonyl (C=O) groups is 1. The van der Waals surface area contributed by atoms with Gasteiger partial charge in [0, 0.05) is 76.3 Å². The fourth-order valence-corrected chi connectivity index (χ4v) is 4.26. The van der Waals surface area contributed by atoms with Crippen LogP contribution >= 0.6 is 0 Å². The van der Waals surface area contributed by atoms with Crippen molar-refractivity contribution in [3.05, 3.63) is 18.0 Å². The summed E-state index contributed by atoms with van der Waals surface area (Å²) in [6, 6.07) is 2.53. The van der Waals surface area contributed by atoms with Gasteiger partial charge in [-0.2, -0.15) is 5.10 Å². The van der Waals surface area contributed by atoms with Gasteiger partial charge in [0.2, 0.25) is 11.8 Å². The molecule has 1 aromatic rings. The lowest BCUT2D eigenvalue weighted by molar-refractivity contribution is -0.150. The molecule has 144 valence electrons. The summed E-state index contributed by atoms with van der Waals surface area (Å²) >= 11 is 0. The van der Waals surface area contributed by atoms with Crippen LogP contribution in [0.25, 0.3) is 0 Å². The lowest BCUT2D eigenvalue weighted by Crippen LogP contribution is -2.47. The van der Waals surface area contributed by atoms with Gasteiger partial charge in [-0.3, -0.25) is 14.4 Å². The van der Waals surface area contributed by atoms with E-state index in [1.165, 1.54) is 5.69 Å². The Balaban J connectivity index is 1.37. The summed E-state index contributed by atoms with van der Waals surface area (Å²) in [7, 11) is 0. The third kappa shape index (κ3) is 3.91. The Morgan fingerprint density at radius 1 is 1.31 bits per heavy atom. The molecule has 1 aliphatic carbocycles. The molecule has 0 aromatic carbocycles. The van der Waals surface area contributed by atoms with Crippen molar-refractivity contribution in [2.75, 3.05) is 26.3 Å². The Hall–Kier alpha value is -1.54. The van der Waals surface area contributed by atoms with E-state index in [-0.39, 0.29) is 24.7 Å². The highest BCUT2D eigenvalue weighted by molar-refractivity contribution is 5.79. The zero-order valence-electron chi connectivity index (χ0n) is 14.9. The molecule has 1 atom stereocenters. The molecule has 1 saturated heterocycles. The highest BCUT2D eigenvalue weighted by Crippen LogP contribution is 2.42. The van der Waals surface area contributed by atoms with Gasteiger partial charge in [-0.1, -0.05) is 0 Å². The fourth-order valence-electron chi connectivity index (χ4n) is 4.26. The second kappa shape index (κ2) is 7.23. The van der Waals surface area contributed by atoms with Crippen LogP contribution in [0.1, 0.15) is 31.4 Å². The minimum Gasteiger partial charge on any atom is -0.381 e. The molecule has 0 radical (unpaired) electrons. The third-order valence-electron chi connectivity index (χ3n) is 5.83. The first kappa shape index (κ1) is 17.9. The Bertz CT molecular complexity index is 637. The normalized spacial score (nSPS) is 27.4. The lowest BCUT2D eigenvalue weighted by Gasteiger charge is -2.35. The van der Waals surface area contributed by atoms with E-state index in [1.807, 2.05) is 16.9 Å². The van der Waals surface area contributed by atoms with Gasteiger partial charge >= 0.3 is 0 Å². The summed E-state index contributed by atoms with van der Waals surface area (Å²) in [6.45, 7) is 4.54. The van der Waals surface area contributed by atoms with Crippen molar-refractivity contribution < 1.29 is 18.3 Å². The molecule has 1 saturated carbocycles. The predicted molar refractivity (Wildman–Crippen MR) is 90.6 cm³/mol. The number of fused-ring (bicyclic) bond motifs is 1. The van der Waals surface area contributed by atoms with Crippen molar-refractivity contribution >= 4 is 5.91 Å². The zero-order valence-corrected chi connectivity index (χ0v) is 14.9. The van der Waals surface area contributed by atoms with E-state index in [4.69, 9.17) is 4.74 Å². The molecule has 26 heavy (non-hydrogen) atoms. The zero-order chi connectivity index (χ0) is 18.1. The molecule has 0 bridgehead atoms. The Kier molecular flexibility index (Phi) is 4.96. The summed E-state index contributed by atoms with van der Waals surface area (Å²) in [5.41, 5.74) is 1.18. The monoisotopic (exact) mass is 368 g/mol. The Morgan fingerprint density at radius 3 is 2.81 bits per heavy atom. The minimum atomic E-state index is -2.66. The van der Waals surface area contributed by atoms with Crippen molar-refractivity contribution in [3.63, 3.8) is 0 Å². The Labute approximate surface area is 151 Å². The van der Waals surface area contributed by atoms with E-state index in [2.05, 4.69) is 15.3 Å². The van der Waals surface area contributed by atoms with Crippen molar-refractivity contribution in [2.45, 2.75) is 50.7 Å². The molecule has 3 heterocycles. The number of alkyl halides is 2. The van der Waals surface area contributed by atoms with Crippen molar-refractivity contribution in [3.8, 4) is 0 Å². The SMILES string of the molecule is O=C(NCC1CN(C2CCOCC2)Cc2ccnn2C1)C1CC(F)(F)C1. The maximum Gasteiger partial charge on any atom is 0.249 e. The molecule has 1 unspecified atom stereocenters. The maximum absolute atomic E-state index is 13.0. The molecule has 4 rings (SSSR count). The first-order valence-corrected chi connectivity index (χ1v) is 9.48. The molecule has 2 fully saturated rings. The summed E-state index contributed by atoms with van der Waals surface area (Å²) in [6.07, 6.45) is 3.21. The molecular weight excluding hydrogens is 342 g/mol. The first-order chi connectivity index (χ1) is 12.5. The molecular formula is C18H26F2N4O2. The lowest BCUT2D eigenvalue weighted by atomic mass is 9.80. The van der Waals surface area contributed by atoms with Gasteiger partial charge in [-0.15, -0.1) is 0 Å². The van der Waals surface area contributed by atoms with E-state index in [1.54, 1.807) is 0 Å². The number of ether oxygens (including phenoxy) is 1. The fraction of sp³-hybridized carbons (Fsp3) is 0.778. The average molecular weight is 368 g/mol. The van der Waals surface area contributed by atoms with Gasteiger partial charge in [-0.05, 0) is 18.9 Å². The highest BCUT2D eigenvalue weighted by Gasteiger charge is 2.48. The number of nitrogens with zero attached hydrogens (tertiary/aromatic N) is 3. The van der Waals surface area contributed by atoms with E-state index in [0.717, 1.165) is 45.7 Å². The number of carbonyl (C=O) groups excluding carboxylic acids is 1. The third-order valence-corrected chi connectivity index (χ3v) is 5.83. The number of hydrogen-bond acceptors (Lipinski definition) is 4. The van der Waals surface area contributed by atoms with Crippen LogP contribution in [0.2, 0.25) is 0 Å². The van der Waals surface area contributed by atoms with Crippen LogP contribution in [0.4, 0.5) is 8.78 Å². The number of amides is 1. The number of nitrogens with one attached hydrogen (secondary N) is 1. The second-order valence-corrected chi connectivity index (χ2v) is 7.85. The number of halogens is 2. The molecule has 6 nitrogen and oxygen atoms in total. The predicted octanol–water partition coefficient (Wildman–Crippen LogP) is 1.66. The minimum absolute atomic E-state index is 0.212. The van der Waals surface area contributed by atoms with Crippen LogP contribution in [0, 0.1) is 11.8 Å². The summed E-state index contributed by atoms with van der Waals surface area (Å²) in [5, 5.41) is 7.31. The molecule has 1 N–H and O–H groups in total. The molecule has 1 aromatic heterocycles. The van der Waals surface area contributed by atoms with Crippen LogP contribution in [-0.4, -0.2) is 58.9 Å². The number of rotatable bonds is 4. The van der Waals surface area contributed by atoms with Crippen LogP contribution < -0.4 is 5.32 Å². The summed E-state index contributed by atoms with van der Waals surface area (Å²) in [5.74, 6) is -3.22. The smallest absolute Gasteiger partial charge is 0.249 e. The Morgan fingerprint density at radius 2 is 2.08 bits per heavy atom. The number of hydrogen-bond donors (Lipinski definition) is 1. The van der Waals surface area contributed by atoms with Gasteiger partial charge in [0.05, 0.1) is 5.69 Å². The topological polar surface area (TPSA) is 59.4 Å². The van der Waals surface area contributed by atoms with E-state index < -0.39 is 11.8 Å². The van der Waals surface area contributed by atoms with E-state index in [9.17, 15) is 13.6 Å². The van der Waals surface area contributed by atoms with Gasteiger partial charge in [0.1, 0.15) is 0 Å². The molecule has 2 aliphatic heterocycles. The van der Waals surface area contributed by atoms with Crippen molar-refractivity contribution in [2.24, 2.45) is 11.8 Å². The molecule has 8 heteroatoms. The average Bonchev–Trinajstić information content (AvgIpc) is 2.96. The molecule has 3 aliphatic rings. The summed E-state index contributed by atoms with van der Waals surface area (Å²) < 4.78 is 33.4. The van der Waals surface area contributed by atoms with E-state index >= 15 is 0 Å².